The number of hydrogen-bond acceptors (Lipinski definition) is 6. The van der Waals surface area contributed by atoms with E-state index in [1.165, 1.54) is 0 Å². The molecule has 4 unspecified atom stereocenters. The van der Waals surface area contributed by atoms with Crippen molar-refractivity contribution in [1.82, 2.24) is 0 Å². The fourth-order valence-corrected chi connectivity index (χ4v) is 12.5. The van der Waals surface area contributed by atoms with E-state index in [-0.39, 0.29) is 52.1 Å². The first-order chi connectivity index (χ1) is 12.5. The summed E-state index contributed by atoms with van der Waals surface area (Å²) in [6.45, 7) is -0.901. The van der Waals surface area contributed by atoms with E-state index in [1.807, 2.05) is 22.6 Å². The second kappa shape index (κ2) is 10.3. The second-order valence-corrected chi connectivity index (χ2v) is 13.0. The van der Waals surface area contributed by atoms with Crippen LogP contribution in [0, 0.1) is 17.8 Å². The molecule has 158 valence electrons. The highest BCUT2D eigenvalue weighted by molar-refractivity contribution is 14.1. The van der Waals surface area contributed by atoms with Crippen molar-refractivity contribution in [3.63, 3.8) is 0 Å². The van der Waals surface area contributed by atoms with E-state index in [9.17, 15) is 30.0 Å². The summed E-state index contributed by atoms with van der Waals surface area (Å²) >= 11 is 6.25. The van der Waals surface area contributed by atoms with Gasteiger partial charge in [-0.05, 0) is 31.6 Å². The first-order valence-electron chi connectivity index (χ1n) is 8.60. The average molecular weight is 724 g/mol. The van der Waals surface area contributed by atoms with Crippen molar-refractivity contribution in [2.45, 2.75) is 35.9 Å². The third-order valence-corrected chi connectivity index (χ3v) is 11.2. The van der Waals surface area contributed by atoms with E-state index < -0.39 is 39.8 Å². The van der Waals surface area contributed by atoms with Crippen LogP contribution in [0.25, 0.3) is 0 Å². The number of primary amides is 2. The van der Waals surface area contributed by atoms with Crippen LogP contribution in [0.15, 0.2) is 0 Å². The SMILES string of the molecule is NC(=O)C1C(I)(CCO)C(CCO)C(I)(CCO)C(C(N)=O)C1(I)CCO. The van der Waals surface area contributed by atoms with Crippen molar-refractivity contribution in [2.24, 2.45) is 29.2 Å². The van der Waals surface area contributed by atoms with Crippen LogP contribution in [0.1, 0.15) is 25.7 Å². The summed E-state index contributed by atoms with van der Waals surface area (Å²) in [4.78, 5) is 25.2. The Kier molecular flexibility index (Phi) is 9.95. The highest BCUT2D eigenvalue weighted by atomic mass is 127. The zero-order valence-corrected chi connectivity index (χ0v) is 21.3. The number of amides is 2. The van der Waals surface area contributed by atoms with E-state index in [0.717, 1.165) is 0 Å². The summed E-state index contributed by atoms with van der Waals surface area (Å²) in [6, 6.07) is 0. The largest absolute Gasteiger partial charge is 0.396 e. The molecule has 8 N–H and O–H groups in total. The smallest absolute Gasteiger partial charge is 0.223 e. The number of alkyl halides is 3. The fourth-order valence-electron chi connectivity index (χ4n) is 4.76. The van der Waals surface area contributed by atoms with Gasteiger partial charge in [-0.15, -0.1) is 0 Å². The Morgan fingerprint density at radius 2 is 1.04 bits per heavy atom. The first kappa shape index (κ1) is 26.0. The Morgan fingerprint density at radius 1 is 0.704 bits per heavy atom. The second-order valence-electron chi connectivity index (χ2n) is 6.94. The van der Waals surface area contributed by atoms with Crippen LogP contribution in [0.2, 0.25) is 0 Å². The van der Waals surface area contributed by atoms with Gasteiger partial charge < -0.3 is 31.9 Å². The van der Waals surface area contributed by atoms with Crippen LogP contribution in [0.5, 0.6) is 0 Å². The minimum absolute atomic E-state index is 0.104. The molecule has 0 aromatic heterocycles. The quantitative estimate of drug-likeness (QED) is 0.136. The predicted octanol–water partition coefficient (Wildman–Crippen LogP) is -0.130. The molecule has 0 bridgehead atoms. The van der Waals surface area contributed by atoms with Gasteiger partial charge in [0.15, 0.2) is 0 Å². The molecule has 4 atom stereocenters. The Bertz CT molecular complexity index is 516. The number of aliphatic hydroxyl groups excluding tert-OH is 4. The average Bonchev–Trinajstić information content (AvgIpc) is 2.51. The maximum atomic E-state index is 12.6. The molecule has 2 amide bonds. The van der Waals surface area contributed by atoms with Crippen LogP contribution in [-0.2, 0) is 9.59 Å². The van der Waals surface area contributed by atoms with Gasteiger partial charge in [0, 0.05) is 33.3 Å². The van der Waals surface area contributed by atoms with Gasteiger partial charge in [-0.25, -0.2) is 0 Å². The lowest BCUT2D eigenvalue weighted by molar-refractivity contribution is -0.134. The molecule has 0 radical (unpaired) electrons. The van der Waals surface area contributed by atoms with Gasteiger partial charge in [0.05, 0.1) is 15.3 Å². The van der Waals surface area contributed by atoms with Crippen molar-refractivity contribution in [1.29, 1.82) is 0 Å². The topological polar surface area (TPSA) is 167 Å². The number of nitrogens with two attached hydrogens (primary N) is 2. The van der Waals surface area contributed by atoms with Gasteiger partial charge >= 0.3 is 0 Å². The van der Waals surface area contributed by atoms with Crippen LogP contribution in [0.4, 0.5) is 0 Å². The van der Waals surface area contributed by atoms with Gasteiger partial charge in [-0.2, -0.15) is 0 Å². The van der Waals surface area contributed by atoms with Crippen molar-refractivity contribution >= 4 is 79.6 Å². The maximum absolute atomic E-state index is 12.6. The van der Waals surface area contributed by atoms with E-state index in [0.29, 0.717) is 0 Å². The summed E-state index contributed by atoms with van der Waals surface area (Å²) < 4.78 is -2.87. The standard InChI is InChI=1S/C16H27I3N2O6/c17-14(2-6-23)9(1-5-22)15(18,3-7-24)11(13(21)27)16(19,4-8-25)10(14)12(20)26/h9-11,22-25H,1-8H2,(H2,20,26)(H2,21,27). The van der Waals surface area contributed by atoms with Crippen molar-refractivity contribution < 1.29 is 30.0 Å². The lowest BCUT2D eigenvalue weighted by Crippen LogP contribution is -2.73. The van der Waals surface area contributed by atoms with E-state index in [4.69, 9.17) is 11.5 Å². The molecule has 11 heteroatoms. The number of rotatable bonds is 10. The number of aliphatic hydroxyl groups is 4. The highest BCUT2D eigenvalue weighted by Crippen LogP contribution is 2.66. The molecule has 1 fully saturated rings. The lowest BCUT2D eigenvalue weighted by Gasteiger charge is -2.62. The van der Waals surface area contributed by atoms with E-state index in [2.05, 4.69) is 45.2 Å². The Labute approximate surface area is 199 Å². The number of carbonyl (C=O) groups is 2. The van der Waals surface area contributed by atoms with Gasteiger partial charge in [0.2, 0.25) is 11.8 Å². The third-order valence-electron chi connectivity index (χ3n) is 5.55. The van der Waals surface area contributed by atoms with Crippen LogP contribution in [0.3, 0.4) is 0 Å². The van der Waals surface area contributed by atoms with Crippen molar-refractivity contribution in [3.8, 4) is 0 Å². The van der Waals surface area contributed by atoms with Crippen molar-refractivity contribution in [3.05, 3.63) is 0 Å². The van der Waals surface area contributed by atoms with Crippen LogP contribution in [-0.4, -0.2) is 68.9 Å². The van der Waals surface area contributed by atoms with Crippen LogP contribution >= 0.6 is 67.8 Å². The van der Waals surface area contributed by atoms with Crippen molar-refractivity contribution in [2.75, 3.05) is 26.4 Å². The van der Waals surface area contributed by atoms with Gasteiger partial charge in [-0.3, -0.25) is 9.59 Å². The molecular formula is C16H27I3N2O6. The normalized spacial score (nSPS) is 39.3. The van der Waals surface area contributed by atoms with Crippen LogP contribution < -0.4 is 11.5 Å². The molecule has 0 aliphatic heterocycles. The van der Waals surface area contributed by atoms with Gasteiger partial charge in [0.1, 0.15) is 0 Å². The molecule has 1 rings (SSSR count). The summed E-state index contributed by atoms with van der Waals surface area (Å²) in [6.07, 6.45) is 0.783. The van der Waals surface area contributed by atoms with Gasteiger partial charge in [-0.1, -0.05) is 67.8 Å². The minimum Gasteiger partial charge on any atom is -0.396 e. The number of carbonyl (C=O) groups excluding carboxylic acids is 2. The van der Waals surface area contributed by atoms with E-state index >= 15 is 0 Å². The molecule has 0 spiro atoms. The Morgan fingerprint density at radius 3 is 1.30 bits per heavy atom. The molecule has 0 saturated heterocycles. The maximum Gasteiger partial charge on any atom is 0.223 e. The first-order valence-corrected chi connectivity index (χ1v) is 11.8. The molecule has 27 heavy (non-hydrogen) atoms. The lowest BCUT2D eigenvalue weighted by atomic mass is 9.53. The highest BCUT2D eigenvalue weighted by Gasteiger charge is 2.71. The zero-order chi connectivity index (χ0) is 21.0. The fraction of sp³-hybridized carbons (Fsp3) is 0.875. The number of hydrogen-bond donors (Lipinski definition) is 6. The molecule has 1 saturated carbocycles. The molecule has 0 aromatic rings. The summed E-state index contributed by atoms with van der Waals surface area (Å²) in [5.41, 5.74) is 11.6. The molecule has 0 aromatic carbocycles. The Balaban J connectivity index is 3.87. The Hall–Kier alpha value is 0.970. The van der Waals surface area contributed by atoms with E-state index in [1.54, 1.807) is 0 Å². The molecule has 0 heterocycles. The summed E-state index contributed by atoms with van der Waals surface area (Å²) in [5.74, 6) is -3.45. The summed E-state index contributed by atoms with van der Waals surface area (Å²) in [7, 11) is 0. The third kappa shape index (κ3) is 4.68. The molecule has 1 aliphatic carbocycles. The predicted molar refractivity (Wildman–Crippen MR) is 126 cm³/mol. The zero-order valence-electron chi connectivity index (χ0n) is 14.8. The molecule has 8 nitrogen and oxygen atoms in total. The minimum atomic E-state index is -1.09. The summed E-state index contributed by atoms with van der Waals surface area (Å²) in [5, 5.41) is 38.9. The molecule has 1 aliphatic rings. The van der Waals surface area contributed by atoms with Gasteiger partial charge in [0.25, 0.3) is 0 Å². The monoisotopic (exact) mass is 724 g/mol. The molecular weight excluding hydrogens is 697 g/mol. The number of halogens is 3.